The third-order valence-electron chi connectivity index (χ3n) is 2.85. The highest BCUT2D eigenvalue weighted by Gasteiger charge is 2.15. The quantitative estimate of drug-likeness (QED) is 0.854. The molecule has 0 radical (unpaired) electrons. The topological polar surface area (TPSA) is 44.5 Å². The molecule has 0 aliphatic carbocycles. The van der Waals surface area contributed by atoms with E-state index in [2.05, 4.69) is 0 Å². The Morgan fingerprint density at radius 3 is 2.88 bits per heavy atom. The monoisotopic (exact) mass is 239 g/mol. The summed E-state index contributed by atoms with van der Waals surface area (Å²) < 4.78 is 24.2. The third kappa shape index (κ3) is 3.77. The van der Waals surface area contributed by atoms with Gasteiger partial charge in [0, 0.05) is 13.2 Å². The lowest BCUT2D eigenvalue weighted by atomic mass is 10.1. The van der Waals surface area contributed by atoms with Crippen LogP contribution < -0.4 is 5.73 Å². The summed E-state index contributed by atoms with van der Waals surface area (Å²) in [6, 6.07) is 4.80. The number of benzene rings is 1. The number of nitrogens with two attached hydrogens (primary N) is 1. The molecule has 17 heavy (non-hydrogen) atoms. The SMILES string of the molecule is NCc1cc(F)cc(COCC2CCCO2)c1. The lowest BCUT2D eigenvalue weighted by Crippen LogP contribution is -2.14. The summed E-state index contributed by atoms with van der Waals surface area (Å²) in [6.45, 7) is 2.15. The molecular weight excluding hydrogens is 221 g/mol. The summed E-state index contributed by atoms with van der Waals surface area (Å²) in [6.07, 6.45) is 2.36. The Kier molecular flexibility index (Phi) is 4.48. The van der Waals surface area contributed by atoms with Gasteiger partial charge in [0.1, 0.15) is 5.82 Å². The number of halogens is 1. The molecule has 4 heteroatoms. The summed E-state index contributed by atoms with van der Waals surface area (Å²) in [7, 11) is 0. The Hall–Kier alpha value is -0.970. The minimum absolute atomic E-state index is 0.206. The summed E-state index contributed by atoms with van der Waals surface area (Å²) >= 11 is 0. The van der Waals surface area contributed by atoms with E-state index in [0.29, 0.717) is 19.8 Å². The Morgan fingerprint density at radius 1 is 1.35 bits per heavy atom. The van der Waals surface area contributed by atoms with Gasteiger partial charge in [0.2, 0.25) is 0 Å². The molecule has 0 spiro atoms. The standard InChI is InChI=1S/C13H18FNO2/c14-12-5-10(7-15)4-11(6-12)8-16-9-13-2-1-3-17-13/h4-6,13H,1-3,7-9,15H2. The molecule has 0 bridgehead atoms. The van der Waals surface area contributed by atoms with Crippen LogP contribution in [0.5, 0.6) is 0 Å². The van der Waals surface area contributed by atoms with Crippen LogP contribution in [0.25, 0.3) is 0 Å². The molecule has 2 rings (SSSR count). The van der Waals surface area contributed by atoms with Gasteiger partial charge in [-0.05, 0) is 36.1 Å². The largest absolute Gasteiger partial charge is 0.376 e. The summed E-state index contributed by atoms with van der Waals surface area (Å²) in [5, 5.41) is 0. The summed E-state index contributed by atoms with van der Waals surface area (Å²) in [5.41, 5.74) is 7.10. The fourth-order valence-electron chi connectivity index (χ4n) is 2.00. The fourth-order valence-corrected chi connectivity index (χ4v) is 2.00. The maximum atomic E-state index is 13.2. The van der Waals surface area contributed by atoms with Gasteiger partial charge in [-0.15, -0.1) is 0 Å². The van der Waals surface area contributed by atoms with E-state index in [0.717, 1.165) is 30.6 Å². The lowest BCUT2D eigenvalue weighted by molar-refractivity contribution is 0.0105. The highest BCUT2D eigenvalue weighted by molar-refractivity contribution is 5.24. The highest BCUT2D eigenvalue weighted by Crippen LogP contribution is 2.14. The van der Waals surface area contributed by atoms with E-state index in [4.69, 9.17) is 15.2 Å². The lowest BCUT2D eigenvalue weighted by Gasteiger charge is -2.10. The van der Waals surface area contributed by atoms with E-state index in [-0.39, 0.29) is 11.9 Å². The van der Waals surface area contributed by atoms with Crippen LogP contribution in [0.2, 0.25) is 0 Å². The van der Waals surface area contributed by atoms with Crippen LogP contribution in [0.1, 0.15) is 24.0 Å². The third-order valence-corrected chi connectivity index (χ3v) is 2.85. The minimum atomic E-state index is -0.260. The van der Waals surface area contributed by atoms with Gasteiger partial charge in [0.05, 0.1) is 19.3 Å². The molecular formula is C13H18FNO2. The molecule has 1 aliphatic rings. The molecule has 1 saturated heterocycles. The van der Waals surface area contributed by atoms with Gasteiger partial charge in [-0.25, -0.2) is 4.39 Å². The number of hydrogen-bond acceptors (Lipinski definition) is 3. The number of rotatable bonds is 5. The van der Waals surface area contributed by atoms with Crippen LogP contribution in [-0.4, -0.2) is 19.3 Å². The van der Waals surface area contributed by atoms with Crippen LogP contribution in [0.3, 0.4) is 0 Å². The van der Waals surface area contributed by atoms with E-state index in [1.807, 2.05) is 6.07 Å². The van der Waals surface area contributed by atoms with Crippen molar-refractivity contribution < 1.29 is 13.9 Å². The average Bonchev–Trinajstić information content (AvgIpc) is 2.81. The van der Waals surface area contributed by atoms with Gasteiger partial charge in [-0.3, -0.25) is 0 Å². The van der Waals surface area contributed by atoms with Crippen molar-refractivity contribution in [1.82, 2.24) is 0 Å². The first-order valence-corrected chi connectivity index (χ1v) is 5.95. The van der Waals surface area contributed by atoms with Crippen molar-refractivity contribution in [3.05, 3.63) is 35.1 Å². The van der Waals surface area contributed by atoms with Crippen molar-refractivity contribution in [2.45, 2.75) is 32.1 Å². The smallest absolute Gasteiger partial charge is 0.123 e. The predicted octanol–water partition coefficient (Wildman–Crippen LogP) is 1.98. The van der Waals surface area contributed by atoms with Gasteiger partial charge in [0.25, 0.3) is 0 Å². The highest BCUT2D eigenvalue weighted by atomic mass is 19.1. The van der Waals surface area contributed by atoms with Gasteiger partial charge in [0.15, 0.2) is 0 Å². The second-order valence-corrected chi connectivity index (χ2v) is 4.32. The zero-order valence-electron chi connectivity index (χ0n) is 9.82. The second-order valence-electron chi connectivity index (χ2n) is 4.32. The molecule has 0 amide bonds. The minimum Gasteiger partial charge on any atom is -0.376 e. The molecule has 2 N–H and O–H groups in total. The van der Waals surface area contributed by atoms with Crippen molar-refractivity contribution in [3.63, 3.8) is 0 Å². The Balaban J connectivity index is 1.83. The maximum absolute atomic E-state index is 13.2. The van der Waals surface area contributed by atoms with E-state index in [1.165, 1.54) is 12.1 Å². The second kappa shape index (κ2) is 6.10. The zero-order chi connectivity index (χ0) is 12.1. The van der Waals surface area contributed by atoms with Crippen molar-refractivity contribution in [2.24, 2.45) is 5.73 Å². The van der Waals surface area contributed by atoms with E-state index in [9.17, 15) is 4.39 Å². The molecule has 0 aromatic heterocycles. The van der Waals surface area contributed by atoms with Crippen molar-refractivity contribution in [3.8, 4) is 0 Å². The van der Waals surface area contributed by atoms with Crippen molar-refractivity contribution >= 4 is 0 Å². The molecule has 1 atom stereocenters. The fraction of sp³-hybridized carbons (Fsp3) is 0.538. The van der Waals surface area contributed by atoms with E-state index < -0.39 is 0 Å². The summed E-state index contributed by atoms with van der Waals surface area (Å²) in [4.78, 5) is 0. The average molecular weight is 239 g/mol. The zero-order valence-corrected chi connectivity index (χ0v) is 9.82. The van der Waals surface area contributed by atoms with Crippen LogP contribution in [0.15, 0.2) is 18.2 Å². The summed E-state index contributed by atoms with van der Waals surface area (Å²) in [5.74, 6) is -0.260. The molecule has 1 fully saturated rings. The first kappa shape index (κ1) is 12.5. The normalized spacial score (nSPS) is 19.8. The van der Waals surface area contributed by atoms with Gasteiger partial charge in [-0.2, -0.15) is 0 Å². The van der Waals surface area contributed by atoms with Crippen LogP contribution in [0, 0.1) is 5.82 Å². The molecule has 1 heterocycles. The number of hydrogen-bond donors (Lipinski definition) is 1. The Bertz CT molecular complexity index is 364. The molecule has 3 nitrogen and oxygen atoms in total. The van der Waals surface area contributed by atoms with Gasteiger partial charge < -0.3 is 15.2 Å². The van der Waals surface area contributed by atoms with Crippen molar-refractivity contribution in [2.75, 3.05) is 13.2 Å². The Labute approximate surface area is 101 Å². The Morgan fingerprint density at radius 2 is 2.18 bits per heavy atom. The maximum Gasteiger partial charge on any atom is 0.123 e. The first-order valence-electron chi connectivity index (χ1n) is 5.95. The first-order chi connectivity index (χ1) is 8.28. The predicted molar refractivity (Wildman–Crippen MR) is 62.9 cm³/mol. The van der Waals surface area contributed by atoms with Gasteiger partial charge >= 0.3 is 0 Å². The van der Waals surface area contributed by atoms with Crippen molar-refractivity contribution in [1.29, 1.82) is 0 Å². The van der Waals surface area contributed by atoms with Crippen LogP contribution >= 0.6 is 0 Å². The van der Waals surface area contributed by atoms with Crippen LogP contribution in [-0.2, 0) is 22.6 Å². The van der Waals surface area contributed by atoms with Crippen LogP contribution in [0.4, 0.5) is 4.39 Å². The molecule has 1 aromatic carbocycles. The molecule has 94 valence electrons. The van der Waals surface area contributed by atoms with Gasteiger partial charge in [-0.1, -0.05) is 6.07 Å². The van der Waals surface area contributed by atoms with E-state index in [1.54, 1.807) is 0 Å². The van der Waals surface area contributed by atoms with E-state index >= 15 is 0 Å². The molecule has 1 unspecified atom stereocenters. The molecule has 0 saturated carbocycles. The molecule has 1 aromatic rings. The molecule has 1 aliphatic heterocycles. The number of ether oxygens (including phenoxy) is 2.